The van der Waals surface area contributed by atoms with Gasteiger partial charge in [0, 0.05) is 15.4 Å². The van der Waals surface area contributed by atoms with Crippen LogP contribution in [0.2, 0.25) is 0 Å². The van der Waals surface area contributed by atoms with E-state index in [2.05, 4.69) is 60.9 Å². The molecule has 0 radical (unpaired) electrons. The van der Waals surface area contributed by atoms with Crippen LogP contribution >= 0.6 is 27.3 Å². The second-order valence-electron chi connectivity index (χ2n) is 6.04. The molecule has 0 atom stereocenters. The maximum atomic E-state index is 11.6. The third kappa shape index (κ3) is 3.43. The minimum atomic E-state index is -1.01. The van der Waals surface area contributed by atoms with E-state index in [0.717, 1.165) is 21.3 Å². The number of aromatic nitrogens is 2. The topological polar surface area (TPSA) is 75.1 Å². The van der Waals surface area contributed by atoms with Crippen molar-refractivity contribution in [1.29, 1.82) is 0 Å². The zero-order valence-corrected chi connectivity index (χ0v) is 16.6. The number of halogens is 1. The summed E-state index contributed by atoms with van der Waals surface area (Å²) < 4.78 is 0.703. The van der Waals surface area contributed by atoms with Crippen molar-refractivity contribution in [2.45, 2.75) is 6.92 Å². The first-order valence-electron chi connectivity index (χ1n) is 8.12. The Morgan fingerprint density at radius 1 is 1.15 bits per heavy atom. The highest BCUT2D eigenvalue weighted by Crippen LogP contribution is 2.38. The number of aromatic carboxylic acids is 1. The van der Waals surface area contributed by atoms with Crippen molar-refractivity contribution in [2.75, 3.05) is 5.32 Å². The summed E-state index contributed by atoms with van der Waals surface area (Å²) in [5.74, 6) is -0.421. The number of carboxylic acids is 1. The monoisotopic (exact) mass is 439 g/mol. The number of anilines is 2. The summed E-state index contributed by atoms with van der Waals surface area (Å²) in [5.41, 5.74) is 3.93. The van der Waals surface area contributed by atoms with Crippen molar-refractivity contribution in [3.8, 4) is 11.1 Å². The SMILES string of the molecule is Cc1ccc(-c2csc3ncnc(Nc4ccc(Br)cc4C(=O)O)c23)cc1. The highest BCUT2D eigenvalue weighted by molar-refractivity contribution is 9.10. The number of carboxylic acid groups (broad SMARTS) is 1. The first-order valence-corrected chi connectivity index (χ1v) is 9.79. The predicted octanol–water partition coefficient (Wildman–Crippen LogP) is 5.87. The van der Waals surface area contributed by atoms with Crippen molar-refractivity contribution >= 4 is 55.0 Å². The molecular weight excluding hydrogens is 426 g/mol. The number of nitrogens with one attached hydrogen (secondary N) is 1. The Morgan fingerprint density at radius 3 is 2.67 bits per heavy atom. The van der Waals surface area contributed by atoms with E-state index in [9.17, 15) is 9.90 Å². The maximum Gasteiger partial charge on any atom is 0.337 e. The smallest absolute Gasteiger partial charge is 0.337 e. The second-order valence-corrected chi connectivity index (χ2v) is 7.81. The quantitative estimate of drug-likeness (QED) is 0.415. The Morgan fingerprint density at radius 2 is 1.93 bits per heavy atom. The van der Waals surface area contributed by atoms with Gasteiger partial charge in [-0.25, -0.2) is 14.8 Å². The molecule has 27 heavy (non-hydrogen) atoms. The van der Waals surface area contributed by atoms with E-state index >= 15 is 0 Å². The zero-order chi connectivity index (χ0) is 19.0. The van der Waals surface area contributed by atoms with Crippen molar-refractivity contribution in [3.63, 3.8) is 0 Å². The van der Waals surface area contributed by atoms with Crippen LogP contribution in [-0.2, 0) is 0 Å². The summed E-state index contributed by atoms with van der Waals surface area (Å²) in [7, 11) is 0. The number of hydrogen-bond donors (Lipinski definition) is 2. The number of aryl methyl sites for hydroxylation is 1. The highest BCUT2D eigenvalue weighted by Gasteiger charge is 2.16. The van der Waals surface area contributed by atoms with Gasteiger partial charge in [0.05, 0.1) is 16.6 Å². The van der Waals surface area contributed by atoms with Crippen molar-refractivity contribution in [2.24, 2.45) is 0 Å². The van der Waals surface area contributed by atoms with E-state index < -0.39 is 5.97 Å². The Bertz CT molecular complexity index is 1160. The Labute approximate surface area is 167 Å². The molecule has 4 rings (SSSR count). The number of nitrogens with zero attached hydrogens (tertiary/aromatic N) is 2. The van der Waals surface area contributed by atoms with Crippen LogP contribution in [0, 0.1) is 6.92 Å². The van der Waals surface area contributed by atoms with Gasteiger partial charge >= 0.3 is 5.97 Å². The number of hydrogen-bond acceptors (Lipinski definition) is 5. The maximum absolute atomic E-state index is 11.6. The molecule has 0 spiro atoms. The van der Waals surface area contributed by atoms with E-state index in [1.807, 2.05) is 6.92 Å². The van der Waals surface area contributed by atoms with Crippen LogP contribution in [0.1, 0.15) is 15.9 Å². The van der Waals surface area contributed by atoms with Crippen LogP contribution in [0.5, 0.6) is 0 Å². The number of benzene rings is 2. The number of carbonyl (C=O) groups is 1. The minimum Gasteiger partial charge on any atom is -0.478 e. The standard InChI is InChI=1S/C20H14BrN3O2S/c1-11-2-4-12(5-3-11)15-9-27-19-17(15)18(22-10-23-19)24-16-7-6-13(21)8-14(16)20(25)26/h2-10H,1H3,(H,25,26)(H,22,23,24). The summed E-state index contributed by atoms with van der Waals surface area (Å²) in [6.07, 6.45) is 1.49. The molecule has 2 N–H and O–H groups in total. The average molecular weight is 440 g/mol. The van der Waals surface area contributed by atoms with Crippen LogP contribution in [0.15, 0.2) is 58.6 Å². The van der Waals surface area contributed by atoms with Gasteiger partial charge < -0.3 is 10.4 Å². The molecule has 134 valence electrons. The third-order valence-electron chi connectivity index (χ3n) is 4.20. The molecule has 2 heterocycles. The fourth-order valence-corrected chi connectivity index (χ4v) is 4.12. The predicted molar refractivity (Wildman–Crippen MR) is 112 cm³/mol. The molecule has 7 heteroatoms. The van der Waals surface area contributed by atoms with Crippen molar-refractivity contribution in [1.82, 2.24) is 9.97 Å². The van der Waals surface area contributed by atoms with Crippen molar-refractivity contribution in [3.05, 3.63) is 69.8 Å². The molecule has 0 aliphatic heterocycles. The van der Waals surface area contributed by atoms with Crippen LogP contribution in [0.25, 0.3) is 21.3 Å². The largest absolute Gasteiger partial charge is 0.478 e. The van der Waals surface area contributed by atoms with Gasteiger partial charge in [-0.05, 0) is 30.7 Å². The molecule has 0 fully saturated rings. The highest BCUT2D eigenvalue weighted by atomic mass is 79.9. The van der Waals surface area contributed by atoms with Gasteiger partial charge in [-0.1, -0.05) is 45.8 Å². The molecule has 2 aromatic heterocycles. The van der Waals surface area contributed by atoms with Crippen LogP contribution < -0.4 is 5.32 Å². The van der Waals surface area contributed by atoms with E-state index in [4.69, 9.17) is 0 Å². The molecule has 0 bridgehead atoms. The molecule has 0 saturated carbocycles. The van der Waals surface area contributed by atoms with Gasteiger partial charge in [-0.15, -0.1) is 11.3 Å². The summed E-state index contributed by atoms with van der Waals surface area (Å²) in [6.45, 7) is 2.05. The molecular formula is C20H14BrN3O2S. The lowest BCUT2D eigenvalue weighted by Gasteiger charge is -2.11. The Balaban J connectivity index is 1.85. The van der Waals surface area contributed by atoms with Crippen LogP contribution in [-0.4, -0.2) is 21.0 Å². The van der Waals surface area contributed by atoms with E-state index in [-0.39, 0.29) is 5.56 Å². The molecule has 4 aromatic rings. The fourth-order valence-electron chi connectivity index (χ4n) is 2.85. The lowest BCUT2D eigenvalue weighted by Crippen LogP contribution is -2.04. The fraction of sp³-hybridized carbons (Fsp3) is 0.0500. The number of thiophene rings is 1. The van der Waals surface area contributed by atoms with E-state index in [0.29, 0.717) is 16.0 Å². The van der Waals surface area contributed by atoms with Gasteiger partial charge in [0.15, 0.2) is 0 Å². The van der Waals surface area contributed by atoms with E-state index in [1.165, 1.54) is 23.2 Å². The first-order chi connectivity index (χ1) is 13.0. The lowest BCUT2D eigenvalue weighted by molar-refractivity contribution is 0.0698. The Kier molecular flexibility index (Phi) is 4.63. The molecule has 0 saturated heterocycles. The molecule has 0 aliphatic carbocycles. The van der Waals surface area contributed by atoms with Gasteiger partial charge in [-0.3, -0.25) is 0 Å². The van der Waals surface area contributed by atoms with Crippen LogP contribution in [0.4, 0.5) is 11.5 Å². The summed E-state index contributed by atoms with van der Waals surface area (Å²) in [6, 6.07) is 13.3. The second kappa shape index (κ2) is 7.09. The van der Waals surface area contributed by atoms with Gasteiger partial charge in [-0.2, -0.15) is 0 Å². The zero-order valence-electron chi connectivity index (χ0n) is 14.2. The lowest BCUT2D eigenvalue weighted by atomic mass is 10.0. The molecule has 2 aromatic carbocycles. The minimum absolute atomic E-state index is 0.170. The van der Waals surface area contributed by atoms with Gasteiger partial charge in [0.2, 0.25) is 0 Å². The van der Waals surface area contributed by atoms with Gasteiger partial charge in [0.1, 0.15) is 17.0 Å². The number of fused-ring (bicyclic) bond motifs is 1. The Hall–Kier alpha value is -2.77. The summed E-state index contributed by atoms with van der Waals surface area (Å²) >= 11 is 4.85. The van der Waals surface area contributed by atoms with Gasteiger partial charge in [0.25, 0.3) is 0 Å². The first kappa shape index (κ1) is 17.6. The molecule has 0 aliphatic rings. The molecule has 0 unspecified atom stereocenters. The normalized spacial score (nSPS) is 10.9. The van der Waals surface area contributed by atoms with Crippen molar-refractivity contribution < 1.29 is 9.90 Å². The molecule has 0 amide bonds. The van der Waals surface area contributed by atoms with Crippen LogP contribution in [0.3, 0.4) is 0 Å². The third-order valence-corrected chi connectivity index (χ3v) is 5.58. The van der Waals surface area contributed by atoms with E-state index in [1.54, 1.807) is 18.2 Å². The average Bonchev–Trinajstić information content (AvgIpc) is 3.09. The molecule has 5 nitrogen and oxygen atoms in total. The summed E-state index contributed by atoms with van der Waals surface area (Å²) in [4.78, 5) is 21.2. The number of rotatable bonds is 4. The summed E-state index contributed by atoms with van der Waals surface area (Å²) in [5, 5.41) is 15.6.